The monoisotopic (exact) mass is 528 g/mol. The first-order valence-corrected chi connectivity index (χ1v) is 15.3. The second-order valence-electron chi connectivity index (χ2n) is 12.1. The normalized spacial score (nSPS) is 18.3. The molecule has 39 heavy (non-hydrogen) atoms. The fourth-order valence-corrected chi connectivity index (χ4v) is 6.36. The Kier molecular flexibility index (Phi) is 11.0. The third-order valence-corrected chi connectivity index (χ3v) is 8.84. The van der Waals surface area contributed by atoms with E-state index < -0.39 is 0 Å². The van der Waals surface area contributed by atoms with Gasteiger partial charge in [-0.25, -0.2) is 4.79 Å². The van der Waals surface area contributed by atoms with E-state index >= 15 is 0 Å². The number of aliphatic hydroxyl groups excluding tert-OH is 1. The van der Waals surface area contributed by atoms with E-state index in [1.165, 1.54) is 90.5 Å². The number of esters is 1. The van der Waals surface area contributed by atoms with E-state index in [1.54, 1.807) is 6.92 Å². The maximum atomic E-state index is 11.6. The molecule has 1 unspecified atom stereocenters. The number of carbonyl (C=O) groups excluding carboxylic acids is 1. The van der Waals surface area contributed by atoms with Crippen LogP contribution in [0.3, 0.4) is 0 Å². The van der Waals surface area contributed by atoms with Crippen LogP contribution in [-0.4, -0.2) is 24.3 Å². The smallest absolute Gasteiger partial charge is 0.333 e. The van der Waals surface area contributed by atoms with Gasteiger partial charge in [-0.05, 0) is 77.1 Å². The molecule has 3 nitrogen and oxygen atoms in total. The number of hydrogen-bond donors (Lipinski definition) is 1. The van der Waals surface area contributed by atoms with Crippen molar-refractivity contribution in [2.75, 3.05) is 13.2 Å². The number of carbonyl (C=O) groups is 1. The van der Waals surface area contributed by atoms with Gasteiger partial charge in [0.25, 0.3) is 0 Å². The lowest BCUT2D eigenvalue weighted by atomic mass is 9.77. The minimum Gasteiger partial charge on any atom is -0.462 e. The molecule has 3 aromatic carbocycles. The van der Waals surface area contributed by atoms with Crippen molar-refractivity contribution in [1.29, 1.82) is 0 Å². The van der Waals surface area contributed by atoms with Gasteiger partial charge in [0.1, 0.15) is 0 Å². The van der Waals surface area contributed by atoms with E-state index in [4.69, 9.17) is 4.74 Å². The van der Waals surface area contributed by atoms with Gasteiger partial charge in [0, 0.05) is 18.1 Å². The van der Waals surface area contributed by atoms with Crippen molar-refractivity contribution in [2.45, 2.75) is 90.9 Å². The van der Waals surface area contributed by atoms with E-state index in [1.807, 2.05) is 0 Å². The van der Waals surface area contributed by atoms with Gasteiger partial charge < -0.3 is 9.84 Å². The Hall–Kier alpha value is -2.65. The maximum Gasteiger partial charge on any atom is 0.333 e. The molecule has 0 radical (unpaired) electrons. The highest BCUT2D eigenvalue weighted by molar-refractivity contribution is 6.07. The third kappa shape index (κ3) is 8.42. The predicted octanol–water partition coefficient (Wildman–Crippen LogP) is 8.97. The first-order chi connectivity index (χ1) is 19.0. The Labute approximate surface area is 235 Å². The van der Waals surface area contributed by atoms with E-state index in [2.05, 4.69) is 62.0 Å². The highest BCUT2D eigenvalue weighted by Crippen LogP contribution is 2.35. The SMILES string of the molecule is C=C(C)C(=O)OCC(CO)CCCCC1CCC(CCc2ccc3c(ccc4cc(CCC)ccc43)c2)CC1. The fourth-order valence-electron chi connectivity index (χ4n) is 6.36. The molecule has 1 N–H and O–H groups in total. The van der Waals surface area contributed by atoms with Gasteiger partial charge >= 0.3 is 5.97 Å². The molecule has 1 saturated carbocycles. The maximum absolute atomic E-state index is 11.6. The summed E-state index contributed by atoms with van der Waals surface area (Å²) in [7, 11) is 0. The molecule has 1 fully saturated rings. The van der Waals surface area contributed by atoms with E-state index in [0.717, 1.165) is 31.1 Å². The zero-order chi connectivity index (χ0) is 27.6. The van der Waals surface area contributed by atoms with Crippen molar-refractivity contribution in [2.24, 2.45) is 17.8 Å². The number of hydrogen-bond acceptors (Lipinski definition) is 3. The summed E-state index contributed by atoms with van der Waals surface area (Å²) in [5, 5.41) is 15.1. The Bertz CT molecular complexity index is 1230. The molecule has 1 aliphatic carbocycles. The molecular formula is C36H48O3. The largest absolute Gasteiger partial charge is 0.462 e. The average Bonchev–Trinajstić information content (AvgIpc) is 2.96. The predicted molar refractivity (Wildman–Crippen MR) is 164 cm³/mol. The van der Waals surface area contributed by atoms with Crippen LogP contribution < -0.4 is 0 Å². The van der Waals surface area contributed by atoms with Gasteiger partial charge in [-0.3, -0.25) is 0 Å². The lowest BCUT2D eigenvalue weighted by molar-refractivity contribution is -0.140. The first kappa shape index (κ1) is 29.3. The molecular weight excluding hydrogens is 480 g/mol. The minimum atomic E-state index is -0.361. The van der Waals surface area contributed by atoms with Gasteiger partial charge in [0.15, 0.2) is 0 Å². The molecule has 3 heteroatoms. The number of unbranched alkanes of at least 4 members (excludes halogenated alkanes) is 1. The summed E-state index contributed by atoms with van der Waals surface area (Å²) in [6.45, 7) is 7.86. The van der Waals surface area contributed by atoms with Crippen molar-refractivity contribution in [3.63, 3.8) is 0 Å². The number of ether oxygens (including phenoxy) is 1. The Balaban J connectivity index is 1.17. The Morgan fingerprint density at radius 1 is 0.897 bits per heavy atom. The van der Waals surface area contributed by atoms with Crippen molar-refractivity contribution < 1.29 is 14.6 Å². The van der Waals surface area contributed by atoms with Crippen molar-refractivity contribution in [3.8, 4) is 0 Å². The molecule has 210 valence electrons. The molecule has 0 heterocycles. The highest BCUT2D eigenvalue weighted by atomic mass is 16.5. The molecule has 0 saturated heterocycles. The van der Waals surface area contributed by atoms with Crippen LogP contribution in [0, 0.1) is 17.8 Å². The second-order valence-corrected chi connectivity index (χ2v) is 12.1. The summed E-state index contributed by atoms with van der Waals surface area (Å²) in [6, 6.07) is 18.7. The molecule has 0 amide bonds. The number of benzene rings is 3. The molecule has 4 rings (SSSR count). The van der Waals surface area contributed by atoms with E-state index in [-0.39, 0.29) is 18.5 Å². The van der Waals surface area contributed by atoms with Crippen molar-refractivity contribution in [1.82, 2.24) is 0 Å². The standard InChI is InChI=1S/C36H48O3/c1-4-7-29-16-20-34-32(22-29)18-19-33-23-30(17-21-35(33)34)15-14-28-12-10-27(11-13-28)8-5-6-9-31(24-37)25-39-36(38)26(2)3/h16-23,27-28,31,37H,2,4-15,24-25H2,1,3H3. The Morgan fingerprint density at radius 3 is 2.05 bits per heavy atom. The molecule has 1 aliphatic rings. The second kappa shape index (κ2) is 14.7. The van der Waals surface area contributed by atoms with Crippen LogP contribution in [0.4, 0.5) is 0 Å². The summed E-state index contributed by atoms with van der Waals surface area (Å²) in [5.41, 5.74) is 3.32. The summed E-state index contributed by atoms with van der Waals surface area (Å²) < 4.78 is 5.22. The number of rotatable bonds is 14. The van der Waals surface area contributed by atoms with Crippen LogP contribution >= 0.6 is 0 Å². The van der Waals surface area contributed by atoms with Crippen LogP contribution in [0.15, 0.2) is 60.7 Å². The highest BCUT2D eigenvalue weighted by Gasteiger charge is 2.21. The number of aryl methyl sites for hydroxylation is 2. The quantitative estimate of drug-likeness (QED) is 0.0983. The van der Waals surface area contributed by atoms with Crippen molar-refractivity contribution >= 4 is 27.5 Å². The van der Waals surface area contributed by atoms with Crippen molar-refractivity contribution in [3.05, 3.63) is 71.8 Å². The number of aliphatic hydroxyl groups is 1. The molecule has 3 aromatic rings. The first-order valence-electron chi connectivity index (χ1n) is 15.3. The van der Waals surface area contributed by atoms with Gasteiger partial charge in [-0.15, -0.1) is 0 Å². The fraction of sp³-hybridized carbons (Fsp3) is 0.528. The van der Waals surface area contributed by atoms with Crippen LogP contribution in [0.5, 0.6) is 0 Å². The Morgan fingerprint density at radius 2 is 1.49 bits per heavy atom. The van der Waals surface area contributed by atoms with Gasteiger partial charge in [0.05, 0.1) is 6.61 Å². The van der Waals surface area contributed by atoms with Gasteiger partial charge in [0.2, 0.25) is 0 Å². The van der Waals surface area contributed by atoms with Crippen LogP contribution in [0.1, 0.15) is 89.2 Å². The molecule has 0 aliphatic heterocycles. The average molecular weight is 529 g/mol. The van der Waals surface area contributed by atoms with Crippen LogP contribution in [-0.2, 0) is 22.4 Å². The lowest BCUT2D eigenvalue weighted by Crippen LogP contribution is -2.18. The van der Waals surface area contributed by atoms with Crippen LogP contribution in [0.25, 0.3) is 21.5 Å². The number of fused-ring (bicyclic) bond motifs is 3. The zero-order valence-electron chi connectivity index (χ0n) is 24.2. The summed E-state index contributed by atoms with van der Waals surface area (Å²) >= 11 is 0. The summed E-state index contributed by atoms with van der Waals surface area (Å²) in [6.07, 6.45) is 14.7. The zero-order valence-corrected chi connectivity index (χ0v) is 24.2. The topological polar surface area (TPSA) is 46.5 Å². The van der Waals surface area contributed by atoms with E-state index in [0.29, 0.717) is 12.2 Å². The van der Waals surface area contributed by atoms with Gasteiger partial charge in [-0.1, -0.05) is 113 Å². The molecule has 0 bridgehead atoms. The van der Waals surface area contributed by atoms with Crippen LogP contribution in [0.2, 0.25) is 0 Å². The third-order valence-electron chi connectivity index (χ3n) is 8.84. The summed E-state index contributed by atoms with van der Waals surface area (Å²) in [5.74, 6) is 1.38. The van der Waals surface area contributed by atoms with Gasteiger partial charge in [-0.2, -0.15) is 0 Å². The summed E-state index contributed by atoms with van der Waals surface area (Å²) in [4.78, 5) is 11.6. The molecule has 0 aromatic heterocycles. The molecule has 1 atom stereocenters. The lowest BCUT2D eigenvalue weighted by Gasteiger charge is -2.28. The van der Waals surface area contributed by atoms with E-state index in [9.17, 15) is 9.90 Å². The minimum absolute atomic E-state index is 0.0384. The molecule has 0 spiro atoms.